The van der Waals surface area contributed by atoms with Crippen LogP contribution >= 0.6 is 0 Å². The Morgan fingerprint density at radius 3 is 2.59 bits per heavy atom. The van der Waals surface area contributed by atoms with Crippen LogP contribution in [-0.4, -0.2) is 32.9 Å². The Balaban J connectivity index is 2.65. The highest BCUT2D eigenvalue weighted by atomic mass is 16.3. The fourth-order valence-corrected chi connectivity index (χ4v) is 1.51. The van der Waals surface area contributed by atoms with Crippen molar-refractivity contribution in [2.24, 2.45) is 7.05 Å². The van der Waals surface area contributed by atoms with Crippen LogP contribution in [0.5, 0.6) is 0 Å². The molecular weight excluding hydrogens is 220 g/mol. The van der Waals surface area contributed by atoms with Crippen LogP contribution in [0.3, 0.4) is 0 Å². The van der Waals surface area contributed by atoms with Crippen molar-refractivity contribution < 1.29 is 9.90 Å². The molecule has 0 aromatic carbocycles. The van der Waals surface area contributed by atoms with E-state index < -0.39 is 5.60 Å². The molecule has 0 fully saturated rings. The van der Waals surface area contributed by atoms with E-state index in [4.69, 9.17) is 5.73 Å². The molecular formula is C11H20N4O2. The SMILES string of the molecule is CCC(O)(CC)CNC(=O)c1nn(C)cc1N. The molecule has 1 aromatic rings. The van der Waals surface area contributed by atoms with Crippen molar-refractivity contribution in [3.63, 3.8) is 0 Å². The number of hydrogen-bond donors (Lipinski definition) is 3. The molecule has 0 aliphatic rings. The highest BCUT2D eigenvalue weighted by molar-refractivity contribution is 5.97. The number of amides is 1. The number of nitrogens with two attached hydrogens (primary N) is 1. The zero-order chi connectivity index (χ0) is 13.1. The standard InChI is InChI=1S/C11H20N4O2/c1-4-11(17,5-2)7-13-10(16)9-8(12)6-15(3)14-9/h6,17H,4-5,7,12H2,1-3H3,(H,13,16). The van der Waals surface area contributed by atoms with Gasteiger partial charge in [-0.1, -0.05) is 13.8 Å². The Bertz CT molecular complexity index is 396. The van der Waals surface area contributed by atoms with Gasteiger partial charge < -0.3 is 16.2 Å². The van der Waals surface area contributed by atoms with Gasteiger partial charge in [-0.05, 0) is 12.8 Å². The number of nitrogens with zero attached hydrogens (tertiary/aromatic N) is 2. The van der Waals surface area contributed by atoms with E-state index in [9.17, 15) is 9.90 Å². The second kappa shape index (κ2) is 5.18. The van der Waals surface area contributed by atoms with E-state index >= 15 is 0 Å². The van der Waals surface area contributed by atoms with Crippen LogP contribution in [0.2, 0.25) is 0 Å². The predicted molar refractivity (Wildman–Crippen MR) is 65.5 cm³/mol. The summed E-state index contributed by atoms with van der Waals surface area (Å²) in [5, 5.41) is 16.6. The number of aryl methyl sites for hydroxylation is 1. The van der Waals surface area contributed by atoms with Crippen LogP contribution in [-0.2, 0) is 7.05 Å². The van der Waals surface area contributed by atoms with E-state index in [1.807, 2.05) is 13.8 Å². The molecule has 0 saturated heterocycles. The summed E-state index contributed by atoms with van der Waals surface area (Å²) in [6, 6.07) is 0. The van der Waals surface area contributed by atoms with Crippen LogP contribution < -0.4 is 11.1 Å². The molecule has 0 saturated carbocycles. The minimum atomic E-state index is -0.862. The van der Waals surface area contributed by atoms with Gasteiger partial charge >= 0.3 is 0 Å². The van der Waals surface area contributed by atoms with Gasteiger partial charge in [-0.3, -0.25) is 9.48 Å². The summed E-state index contributed by atoms with van der Waals surface area (Å²) in [5.41, 5.74) is 5.31. The topological polar surface area (TPSA) is 93.2 Å². The normalized spacial score (nSPS) is 11.5. The Labute approximate surface area is 101 Å². The van der Waals surface area contributed by atoms with Gasteiger partial charge in [0.05, 0.1) is 11.3 Å². The summed E-state index contributed by atoms with van der Waals surface area (Å²) in [5.74, 6) is -0.358. The lowest BCUT2D eigenvalue weighted by Crippen LogP contribution is -2.42. The molecule has 1 rings (SSSR count). The molecule has 17 heavy (non-hydrogen) atoms. The average Bonchev–Trinajstić information content (AvgIpc) is 2.65. The van der Waals surface area contributed by atoms with Crippen LogP contribution in [0, 0.1) is 0 Å². The van der Waals surface area contributed by atoms with Gasteiger partial charge in [0.15, 0.2) is 5.69 Å². The summed E-state index contributed by atoms with van der Waals surface area (Å²) < 4.78 is 1.48. The van der Waals surface area contributed by atoms with Gasteiger partial charge in [0.25, 0.3) is 5.91 Å². The average molecular weight is 240 g/mol. The van der Waals surface area contributed by atoms with Crippen LogP contribution in [0.1, 0.15) is 37.2 Å². The number of hydrogen-bond acceptors (Lipinski definition) is 4. The van der Waals surface area contributed by atoms with Crippen LogP contribution in [0.25, 0.3) is 0 Å². The van der Waals surface area contributed by atoms with Gasteiger partial charge in [0.2, 0.25) is 0 Å². The summed E-state index contributed by atoms with van der Waals surface area (Å²) in [6.45, 7) is 3.96. The molecule has 6 nitrogen and oxygen atoms in total. The number of aliphatic hydroxyl groups is 1. The molecule has 1 amide bonds. The molecule has 0 bridgehead atoms. The fraction of sp³-hybridized carbons (Fsp3) is 0.636. The Morgan fingerprint density at radius 1 is 1.59 bits per heavy atom. The molecule has 1 aromatic heterocycles. The van der Waals surface area contributed by atoms with E-state index in [2.05, 4.69) is 10.4 Å². The van der Waals surface area contributed by atoms with Crippen molar-refractivity contribution in [2.45, 2.75) is 32.3 Å². The second-order valence-corrected chi connectivity index (χ2v) is 4.22. The summed E-state index contributed by atoms with van der Waals surface area (Å²) in [4.78, 5) is 11.8. The Hall–Kier alpha value is -1.56. The van der Waals surface area contributed by atoms with Crippen molar-refractivity contribution in [1.29, 1.82) is 0 Å². The molecule has 0 atom stereocenters. The minimum Gasteiger partial charge on any atom is -0.396 e. The first-order valence-corrected chi connectivity index (χ1v) is 5.71. The summed E-state index contributed by atoms with van der Waals surface area (Å²) in [6.07, 6.45) is 2.74. The number of rotatable bonds is 5. The number of anilines is 1. The summed E-state index contributed by atoms with van der Waals surface area (Å²) >= 11 is 0. The first-order valence-electron chi connectivity index (χ1n) is 5.71. The van der Waals surface area contributed by atoms with Crippen molar-refractivity contribution in [2.75, 3.05) is 12.3 Å². The lowest BCUT2D eigenvalue weighted by molar-refractivity contribution is 0.0313. The maximum atomic E-state index is 11.8. The first kappa shape index (κ1) is 13.5. The maximum absolute atomic E-state index is 11.8. The molecule has 0 unspecified atom stereocenters. The minimum absolute atomic E-state index is 0.196. The number of nitrogens with one attached hydrogen (secondary N) is 1. The highest BCUT2D eigenvalue weighted by Gasteiger charge is 2.24. The molecule has 6 heteroatoms. The maximum Gasteiger partial charge on any atom is 0.274 e. The number of aromatic nitrogens is 2. The predicted octanol–water partition coefficient (Wildman–Crippen LogP) is 0.283. The van der Waals surface area contributed by atoms with Gasteiger partial charge in [-0.2, -0.15) is 5.10 Å². The van der Waals surface area contributed by atoms with Gasteiger partial charge in [-0.25, -0.2) is 0 Å². The van der Waals surface area contributed by atoms with E-state index in [1.54, 1.807) is 13.2 Å². The Morgan fingerprint density at radius 2 is 2.18 bits per heavy atom. The number of carbonyl (C=O) groups is 1. The van der Waals surface area contributed by atoms with E-state index in [1.165, 1.54) is 4.68 Å². The third-order valence-corrected chi connectivity index (χ3v) is 2.97. The zero-order valence-corrected chi connectivity index (χ0v) is 10.5. The van der Waals surface area contributed by atoms with E-state index in [-0.39, 0.29) is 18.1 Å². The third kappa shape index (κ3) is 3.20. The van der Waals surface area contributed by atoms with Crippen molar-refractivity contribution in [3.8, 4) is 0 Å². The lowest BCUT2D eigenvalue weighted by Gasteiger charge is -2.25. The lowest BCUT2D eigenvalue weighted by atomic mass is 9.97. The van der Waals surface area contributed by atoms with Crippen LogP contribution in [0.4, 0.5) is 5.69 Å². The highest BCUT2D eigenvalue weighted by Crippen LogP contribution is 2.14. The van der Waals surface area contributed by atoms with Crippen molar-refractivity contribution >= 4 is 11.6 Å². The number of carbonyl (C=O) groups excluding carboxylic acids is 1. The van der Waals surface area contributed by atoms with Crippen molar-refractivity contribution in [1.82, 2.24) is 15.1 Å². The molecule has 1 heterocycles. The molecule has 0 spiro atoms. The first-order chi connectivity index (χ1) is 7.91. The molecule has 4 N–H and O–H groups in total. The third-order valence-electron chi connectivity index (χ3n) is 2.97. The molecule has 0 aliphatic carbocycles. The largest absolute Gasteiger partial charge is 0.396 e. The Kier molecular flexibility index (Phi) is 4.11. The quantitative estimate of drug-likeness (QED) is 0.689. The second-order valence-electron chi connectivity index (χ2n) is 4.22. The van der Waals surface area contributed by atoms with Gasteiger partial charge in [0, 0.05) is 19.8 Å². The molecule has 96 valence electrons. The number of nitrogen functional groups attached to an aromatic ring is 1. The summed E-state index contributed by atoms with van der Waals surface area (Å²) in [7, 11) is 1.70. The van der Waals surface area contributed by atoms with Crippen LogP contribution in [0.15, 0.2) is 6.20 Å². The smallest absolute Gasteiger partial charge is 0.274 e. The zero-order valence-electron chi connectivity index (χ0n) is 10.5. The van der Waals surface area contributed by atoms with Gasteiger partial charge in [-0.15, -0.1) is 0 Å². The van der Waals surface area contributed by atoms with E-state index in [0.717, 1.165) is 0 Å². The monoisotopic (exact) mass is 240 g/mol. The van der Waals surface area contributed by atoms with Crippen molar-refractivity contribution in [3.05, 3.63) is 11.9 Å². The molecule has 0 radical (unpaired) electrons. The van der Waals surface area contributed by atoms with E-state index in [0.29, 0.717) is 18.5 Å². The fourth-order valence-electron chi connectivity index (χ4n) is 1.51. The molecule has 0 aliphatic heterocycles. The van der Waals surface area contributed by atoms with Gasteiger partial charge in [0.1, 0.15) is 0 Å².